The van der Waals surface area contributed by atoms with E-state index in [9.17, 15) is 0 Å². The minimum Gasteiger partial charge on any atom is -0.309 e. The lowest BCUT2D eigenvalue weighted by molar-refractivity contribution is 1.22. The van der Waals surface area contributed by atoms with Crippen molar-refractivity contribution in [1.29, 1.82) is 0 Å². The predicted molar refractivity (Wildman–Crippen MR) is 116 cm³/mol. The number of rotatable bonds is 3. The van der Waals surface area contributed by atoms with Crippen LogP contribution < -0.4 is 0 Å². The summed E-state index contributed by atoms with van der Waals surface area (Å²) >= 11 is 0. The molecule has 1 nitrogen and oxygen atoms in total. The van der Waals surface area contributed by atoms with Gasteiger partial charge in [0.25, 0.3) is 0 Å². The van der Waals surface area contributed by atoms with Gasteiger partial charge >= 0.3 is 0 Å². The summed E-state index contributed by atoms with van der Waals surface area (Å²) in [5.74, 6) is 0. The van der Waals surface area contributed by atoms with Crippen molar-refractivity contribution in [2.24, 2.45) is 0 Å². The van der Waals surface area contributed by atoms with E-state index in [4.69, 9.17) is 0 Å². The highest BCUT2D eigenvalue weighted by atomic mass is 15.0. The molecule has 0 fully saturated rings. The van der Waals surface area contributed by atoms with Gasteiger partial charge in [0.15, 0.2) is 0 Å². The van der Waals surface area contributed by atoms with E-state index in [-0.39, 0.29) is 0 Å². The maximum absolute atomic E-state index is 2.38. The number of hydrogen-bond donors (Lipinski definition) is 0. The van der Waals surface area contributed by atoms with Crippen LogP contribution in [0.2, 0.25) is 0 Å². The Hall–Kier alpha value is -3.58. The third-order valence-electron chi connectivity index (χ3n) is 4.99. The number of hydrogen-bond acceptors (Lipinski definition) is 0. The molecule has 0 spiro atoms. The molecule has 0 saturated carbocycles. The molecule has 0 saturated heterocycles. The summed E-state index contributed by atoms with van der Waals surface area (Å²) in [5.41, 5.74) is 6.03. The smallest absolute Gasteiger partial charge is 0.0541 e. The van der Waals surface area contributed by atoms with Gasteiger partial charge in [0.2, 0.25) is 0 Å². The molecule has 0 unspecified atom stereocenters. The van der Waals surface area contributed by atoms with Crippen molar-refractivity contribution < 1.29 is 0 Å². The van der Waals surface area contributed by atoms with E-state index in [1.807, 2.05) is 0 Å². The number of fused-ring (bicyclic) bond motifs is 3. The second-order valence-corrected chi connectivity index (χ2v) is 6.68. The van der Waals surface area contributed by atoms with E-state index in [0.717, 1.165) is 0 Å². The Morgan fingerprint density at radius 2 is 1.00 bits per heavy atom. The second-order valence-electron chi connectivity index (χ2n) is 6.68. The lowest BCUT2D eigenvalue weighted by Crippen LogP contribution is -1.99. The Morgan fingerprint density at radius 3 is 1.59 bits per heavy atom. The predicted octanol–water partition coefficient (Wildman–Crippen LogP) is 6.84. The molecule has 0 atom stereocenters. The average Bonchev–Trinajstić information content (AvgIpc) is 3.08. The van der Waals surface area contributed by atoms with E-state index < -0.39 is 0 Å². The van der Waals surface area contributed by atoms with Crippen molar-refractivity contribution in [2.45, 2.75) is 0 Å². The van der Waals surface area contributed by atoms with Crippen LogP contribution >= 0.6 is 0 Å². The maximum Gasteiger partial charge on any atom is 0.0541 e. The van der Waals surface area contributed by atoms with Crippen LogP contribution in [0.15, 0.2) is 109 Å². The van der Waals surface area contributed by atoms with Crippen molar-refractivity contribution >= 4 is 33.6 Å². The van der Waals surface area contributed by atoms with Crippen LogP contribution in [0.3, 0.4) is 0 Å². The minimum atomic E-state index is 1.18. The molecular weight excluding hydrogens is 326 g/mol. The van der Waals surface area contributed by atoms with Crippen LogP contribution in [0.1, 0.15) is 11.1 Å². The molecular formula is C26H19N. The minimum absolute atomic E-state index is 1.18. The van der Waals surface area contributed by atoms with Gasteiger partial charge in [0.1, 0.15) is 0 Å². The van der Waals surface area contributed by atoms with Gasteiger partial charge in [-0.15, -0.1) is 0 Å². The molecule has 128 valence electrons. The first-order valence-corrected chi connectivity index (χ1v) is 9.22. The average molecular weight is 345 g/mol. The Balaban J connectivity index is 1.89. The standard InChI is InChI=1S/C26H19N/c1-3-11-20(12-4-1)19-26(21-13-5-2-6-14-21)27-24-17-9-7-15-22(24)23-16-8-10-18-25(23)27/h1-19H/b26-19-. The maximum atomic E-state index is 2.38. The molecule has 1 aromatic heterocycles. The van der Waals surface area contributed by atoms with Crippen LogP contribution in [-0.4, -0.2) is 4.57 Å². The second kappa shape index (κ2) is 6.62. The number of benzene rings is 4. The third-order valence-corrected chi connectivity index (χ3v) is 4.99. The lowest BCUT2D eigenvalue weighted by atomic mass is 10.1. The molecule has 0 amide bonds. The largest absolute Gasteiger partial charge is 0.309 e. The van der Waals surface area contributed by atoms with E-state index >= 15 is 0 Å². The van der Waals surface area contributed by atoms with Gasteiger partial charge in [0, 0.05) is 10.8 Å². The quantitative estimate of drug-likeness (QED) is 0.315. The van der Waals surface area contributed by atoms with Crippen molar-refractivity contribution in [3.05, 3.63) is 120 Å². The molecule has 0 aliphatic heterocycles. The zero-order chi connectivity index (χ0) is 18.1. The van der Waals surface area contributed by atoms with Crippen molar-refractivity contribution in [3.8, 4) is 0 Å². The van der Waals surface area contributed by atoms with E-state index in [0.29, 0.717) is 0 Å². The molecule has 1 heterocycles. The van der Waals surface area contributed by atoms with Gasteiger partial charge in [-0.3, -0.25) is 0 Å². The third kappa shape index (κ3) is 2.74. The Bertz CT molecular complexity index is 1190. The zero-order valence-corrected chi connectivity index (χ0v) is 14.9. The van der Waals surface area contributed by atoms with Gasteiger partial charge in [-0.1, -0.05) is 97.1 Å². The van der Waals surface area contributed by atoms with Crippen molar-refractivity contribution in [1.82, 2.24) is 4.57 Å². The van der Waals surface area contributed by atoms with Crippen molar-refractivity contribution in [3.63, 3.8) is 0 Å². The van der Waals surface area contributed by atoms with Crippen LogP contribution in [0.5, 0.6) is 0 Å². The van der Waals surface area contributed by atoms with Crippen molar-refractivity contribution in [2.75, 3.05) is 0 Å². The van der Waals surface area contributed by atoms with Gasteiger partial charge in [0.05, 0.1) is 16.7 Å². The fourth-order valence-corrected chi connectivity index (χ4v) is 3.78. The highest BCUT2D eigenvalue weighted by Crippen LogP contribution is 2.34. The lowest BCUT2D eigenvalue weighted by Gasteiger charge is -2.14. The number of para-hydroxylation sites is 2. The summed E-state index contributed by atoms with van der Waals surface area (Å²) in [6.07, 6.45) is 2.27. The molecule has 4 aromatic carbocycles. The molecule has 0 aliphatic carbocycles. The fraction of sp³-hybridized carbons (Fsp3) is 0. The summed E-state index contributed by atoms with van der Waals surface area (Å²) in [7, 11) is 0. The Kier molecular flexibility index (Phi) is 3.84. The van der Waals surface area contributed by atoms with E-state index in [1.165, 1.54) is 38.6 Å². The molecule has 1 heteroatoms. The Morgan fingerprint density at radius 1 is 0.519 bits per heavy atom. The first-order chi connectivity index (χ1) is 13.4. The molecule has 0 N–H and O–H groups in total. The van der Waals surface area contributed by atoms with E-state index in [1.54, 1.807) is 0 Å². The van der Waals surface area contributed by atoms with Gasteiger partial charge in [-0.25, -0.2) is 0 Å². The van der Waals surface area contributed by atoms with Gasteiger partial charge in [-0.05, 0) is 29.3 Å². The molecule has 0 radical (unpaired) electrons. The van der Waals surface area contributed by atoms with Crippen LogP contribution in [0.25, 0.3) is 33.6 Å². The Labute approximate surface area is 158 Å². The summed E-state index contributed by atoms with van der Waals surface area (Å²) in [6, 6.07) is 38.4. The molecule has 0 bridgehead atoms. The SMILES string of the molecule is C(=C(\c1ccccc1)n1c2ccccc2c2ccccc21)/c1ccccc1. The first-order valence-electron chi connectivity index (χ1n) is 9.22. The molecule has 27 heavy (non-hydrogen) atoms. The molecule has 5 rings (SSSR count). The fourth-order valence-electron chi connectivity index (χ4n) is 3.78. The highest BCUT2D eigenvalue weighted by molar-refractivity contribution is 6.11. The number of nitrogens with zero attached hydrogens (tertiary/aromatic N) is 1. The molecule has 0 aliphatic rings. The van der Waals surface area contributed by atoms with Crippen LogP contribution in [0.4, 0.5) is 0 Å². The summed E-state index contributed by atoms with van der Waals surface area (Å²) in [6.45, 7) is 0. The monoisotopic (exact) mass is 345 g/mol. The van der Waals surface area contributed by atoms with Gasteiger partial charge in [-0.2, -0.15) is 0 Å². The highest BCUT2D eigenvalue weighted by Gasteiger charge is 2.14. The molecule has 5 aromatic rings. The summed E-state index contributed by atoms with van der Waals surface area (Å²) < 4.78 is 2.38. The van der Waals surface area contributed by atoms with E-state index in [2.05, 4.69) is 120 Å². The zero-order valence-electron chi connectivity index (χ0n) is 14.9. The van der Waals surface area contributed by atoms with Crippen LogP contribution in [0, 0.1) is 0 Å². The number of aromatic nitrogens is 1. The van der Waals surface area contributed by atoms with Gasteiger partial charge < -0.3 is 4.57 Å². The summed E-state index contributed by atoms with van der Waals surface area (Å²) in [5, 5.41) is 2.56. The summed E-state index contributed by atoms with van der Waals surface area (Å²) in [4.78, 5) is 0. The topological polar surface area (TPSA) is 4.93 Å². The van der Waals surface area contributed by atoms with Crippen LogP contribution in [-0.2, 0) is 0 Å². The normalized spacial score (nSPS) is 11.9. The first kappa shape index (κ1) is 15.7.